The first kappa shape index (κ1) is 15.3. The first-order valence-corrected chi connectivity index (χ1v) is 7.35. The molecule has 8 heteroatoms. The smallest absolute Gasteiger partial charge is 0.239 e. The van der Waals surface area contributed by atoms with Crippen LogP contribution in [0.3, 0.4) is 0 Å². The zero-order valence-corrected chi connectivity index (χ0v) is 12.4. The number of anilines is 1. The summed E-state index contributed by atoms with van der Waals surface area (Å²) in [4.78, 5) is 26.0. The van der Waals surface area contributed by atoms with Crippen molar-refractivity contribution in [3.05, 3.63) is 48.3 Å². The van der Waals surface area contributed by atoms with Crippen molar-refractivity contribution in [2.75, 3.05) is 24.5 Å². The van der Waals surface area contributed by atoms with Crippen LogP contribution in [-0.4, -0.2) is 46.5 Å². The van der Waals surface area contributed by atoms with Gasteiger partial charge in [-0.3, -0.25) is 9.78 Å². The van der Waals surface area contributed by atoms with Crippen molar-refractivity contribution in [2.45, 2.75) is 12.6 Å². The van der Waals surface area contributed by atoms with Gasteiger partial charge in [0, 0.05) is 38.6 Å². The summed E-state index contributed by atoms with van der Waals surface area (Å²) in [6.07, 6.45) is 5.63. The summed E-state index contributed by atoms with van der Waals surface area (Å²) in [6.45, 7) is 2.19. The highest BCUT2D eigenvalue weighted by molar-refractivity contribution is 5.82. The van der Waals surface area contributed by atoms with E-state index in [1.54, 1.807) is 12.4 Å². The molecule has 3 heterocycles. The second kappa shape index (κ2) is 7.10. The van der Waals surface area contributed by atoms with Gasteiger partial charge in [-0.25, -0.2) is 14.4 Å². The lowest BCUT2D eigenvalue weighted by Crippen LogP contribution is -2.57. The van der Waals surface area contributed by atoms with Gasteiger partial charge in [0.25, 0.3) is 0 Å². The van der Waals surface area contributed by atoms with Gasteiger partial charge < -0.3 is 15.5 Å². The number of hydrogen-bond acceptors (Lipinski definition) is 6. The van der Waals surface area contributed by atoms with Crippen LogP contribution in [0.5, 0.6) is 0 Å². The van der Waals surface area contributed by atoms with Crippen LogP contribution >= 0.6 is 0 Å². The summed E-state index contributed by atoms with van der Waals surface area (Å²) in [7, 11) is 0. The first-order valence-electron chi connectivity index (χ1n) is 7.35. The number of halogens is 1. The molecule has 3 rings (SSSR count). The van der Waals surface area contributed by atoms with Gasteiger partial charge in [-0.05, 0) is 17.7 Å². The van der Waals surface area contributed by atoms with E-state index in [4.69, 9.17) is 0 Å². The fourth-order valence-electron chi connectivity index (χ4n) is 2.39. The van der Waals surface area contributed by atoms with Crippen molar-refractivity contribution in [3.8, 4) is 0 Å². The fourth-order valence-corrected chi connectivity index (χ4v) is 2.39. The molecule has 23 heavy (non-hydrogen) atoms. The third kappa shape index (κ3) is 3.98. The Morgan fingerprint density at radius 3 is 2.83 bits per heavy atom. The maximum atomic E-state index is 12.9. The molecule has 0 aliphatic carbocycles. The lowest BCUT2D eigenvalue weighted by atomic mass is 10.2. The third-order valence-corrected chi connectivity index (χ3v) is 3.60. The van der Waals surface area contributed by atoms with E-state index in [1.165, 1.54) is 0 Å². The number of carbonyl (C=O) groups excluding carboxylic acids is 1. The van der Waals surface area contributed by atoms with Crippen LogP contribution in [-0.2, 0) is 11.3 Å². The van der Waals surface area contributed by atoms with Gasteiger partial charge in [0.05, 0.1) is 12.4 Å². The molecule has 0 radical (unpaired) electrons. The van der Waals surface area contributed by atoms with Gasteiger partial charge in [0.2, 0.25) is 11.9 Å². The lowest BCUT2D eigenvalue weighted by molar-refractivity contribution is -0.123. The van der Waals surface area contributed by atoms with Gasteiger partial charge in [-0.2, -0.15) is 0 Å². The molecule has 0 spiro atoms. The summed E-state index contributed by atoms with van der Waals surface area (Å²) in [5, 5.41) is 6.06. The minimum atomic E-state index is -0.476. The van der Waals surface area contributed by atoms with Crippen LogP contribution in [0, 0.1) is 5.82 Å². The molecule has 7 nitrogen and oxygen atoms in total. The topological polar surface area (TPSA) is 83.0 Å². The number of hydrogen-bond donors (Lipinski definition) is 2. The number of pyridine rings is 1. The summed E-state index contributed by atoms with van der Waals surface area (Å²) in [6, 6.07) is 3.35. The van der Waals surface area contributed by atoms with Gasteiger partial charge in [0.15, 0.2) is 5.82 Å². The van der Waals surface area contributed by atoms with Crippen molar-refractivity contribution in [2.24, 2.45) is 0 Å². The first-order chi connectivity index (χ1) is 11.2. The Bertz CT molecular complexity index is 651. The summed E-state index contributed by atoms with van der Waals surface area (Å²) in [5.74, 6) is -0.135. The highest BCUT2D eigenvalue weighted by Crippen LogP contribution is 2.10. The zero-order chi connectivity index (χ0) is 16.1. The molecule has 0 bridgehead atoms. The lowest BCUT2D eigenvalue weighted by Gasteiger charge is -2.32. The molecule has 1 aliphatic heterocycles. The molecular weight excluding hydrogens is 299 g/mol. The van der Waals surface area contributed by atoms with Crippen LogP contribution in [0.2, 0.25) is 0 Å². The Kier molecular flexibility index (Phi) is 4.72. The minimum Gasteiger partial charge on any atom is -0.351 e. The van der Waals surface area contributed by atoms with E-state index in [2.05, 4.69) is 25.6 Å². The molecular formula is C15H17FN6O. The van der Waals surface area contributed by atoms with Crippen LogP contribution in [0.1, 0.15) is 5.56 Å². The summed E-state index contributed by atoms with van der Waals surface area (Å²) < 4.78 is 12.9. The Morgan fingerprint density at radius 1 is 1.35 bits per heavy atom. The Morgan fingerprint density at radius 2 is 2.09 bits per heavy atom. The van der Waals surface area contributed by atoms with Crippen molar-refractivity contribution in [1.82, 2.24) is 25.6 Å². The Hall–Kier alpha value is -2.61. The van der Waals surface area contributed by atoms with E-state index in [0.717, 1.165) is 18.0 Å². The SMILES string of the molecule is O=C(NCc1ccncc1)[C@H]1CN(c2ncc(F)cn2)CCN1. The van der Waals surface area contributed by atoms with Crippen molar-refractivity contribution in [1.29, 1.82) is 0 Å². The molecule has 120 valence electrons. The van der Waals surface area contributed by atoms with Gasteiger partial charge in [0.1, 0.15) is 6.04 Å². The number of nitrogens with one attached hydrogen (secondary N) is 2. The maximum absolute atomic E-state index is 12.9. The number of aromatic nitrogens is 3. The number of amides is 1. The number of rotatable bonds is 4. The molecule has 1 atom stereocenters. The average molecular weight is 316 g/mol. The van der Waals surface area contributed by atoms with E-state index in [9.17, 15) is 9.18 Å². The molecule has 0 unspecified atom stereocenters. The molecule has 2 aromatic rings. The van der Waals surface area contributed by atoms with E-state index in [-0.39, 0.29) is 11.9 Å². The van der Waals surface area contributed by atoms with Crippen molar-refractivity contribution < 1.29 is 9.18 Å². The molecule has 1 fully saturated rings. The highest BCUT2D eigenvalue weighted by atomic mass is 19.1. The predicted molar refractivity (Wildman–Crippen MR) is 82.1 cm³/mol. The maximum Gasteiger partial charge on any atom is 0.239 e. The standard InChI is InChI=1S/C15H17FN6O/c16-12-8-20-15(21-9-12)22-6-5-18-13(10-22)14(23)19-7-11-1-3-17-4-2-11/h1-4,8-9,13,18H,5-7,10H2,(H,19,23)/t13-/m1/s1. The van der Waals surface area contributed by atoms with E-state index in [1.807, 2.05) is 17.0 Å². The van der Waals surface area contributed by atoms with E-state index in [0.29, 0.717) is 32.1 Å². The van der Waals surface area contributed by atoms with Crippen molar-refractivity contribution >= 4 is 11.9 Å². The van der Waals surface area contributed by atoms with E-state index >= 15 is 0 Å². The quantitative estimate of drug-likeness (QED) is 0.833. The second-order valence-electron chi connectivity index (χ2n) is 5.23. The predicted octanol–water partition coefficient (Wildman–Crippen LogP) is 0.105. The molecule has 0 aromatic carbocycles. The molecule has 0 saturated carbocycles. The monoisotopic (exact) mass is 316 g/mol. The van der Waals surface area contributed by atoms with Crippen molar-refractivity contribution in [3.63, 3.8) is 0 Å². The molecule has 1 aliphatic rings. The largest absolute Gasteiger partial charge is 0.351 e. The molecule has 2 aromatic heterocycles. The third-order valence-electron chi connectivity index (χ3n) is 3.60. The van der Waals surface area contributed by atoms with Crippen LogP contribution in [0.4, 0.5) is 10.3 Å². The molecule has 1 saturated heterocycles. The van der Waals surface area contributed by atoms with Crippen LogP contribution < -0.4 is 15.5 Å². The minimum absolute atomic E-state index is 0.0892. The zero-order valence-electron chi connectivity index (χ0n) is 12.4. The number of piperazine rings is 1. The highest BCUT2D eigenvalue weighted by Gasteiger charge is 2.26. The number of carbonyl (C=O) groups is 1. The van der Waals surface area contributed by atoms with Gasteiger partial charge in [-0.15, -0.1) is 0 Å². The Balaban J connectivity index is 1.57. The molecule has 2 N–H and O–H groups in total. The fraction of sp³-hybridized carbons (Fsp3) is 0.333. The second-order valence-corrected chi connectivity index (χ2v) is 5.23. The Labute approximate surface area is 133 Å². The number of nitrogens with zero attached hydrogens (tertiary/aromatic N) is 4. The van der Waals surface area contributed by atoms with E-state index < -0.39 is 5.82 Å². The summed E-state index contributed by atoms with van der Waals surface area (Å²) >= 11 is 0. The van der Waals surface area contributed by atoms with Gasteiger partial charge in [-0.1, -0.05) is 0 Å². The van der Waals surface area contributed by atoms with Crippen LogP contribution in [0.15, 0.2) is 36.9 Å². The normalized spacial score (nSPS) is 17.8. The summed E-state index contributed by atoms with van der Waals surface area (Å²) in [5.41, 5.74) is 0.989. The molecule has 1 amide bonds. The average Bonchev–Trinajstić information content (AvgIpc) is 2.61. The van der Waals surface area contributed by atoms with Gasteiger partial charge >= 0.3 is 0 Å². The van der Waals surface area contributed by atoms with Crippen LogP contribution in [0.25, 0.3) is 0 Å².